The monoisotopic (exact) mass is 287 g/mol. The number of hydrogen-bond acceptors (Lipinski definition) is 2. The summed E-state index contributed by atoms with van der Waals surface area (Å²) in [6.07, 6.45) is 7.49. The van der Waals surface area contributed by atoms with Crippen LogP contribution in [0.25, 0.3) is 6.08 Å². The van der Waals surface area contributed by atoms with E-state index >= 15 is 0 Å². The van der Waals surface area contributed by atoms with Gasteiger partial charge in [-0.05, 0) is 55.0 Å². The van der Waals surface area contributed by atoms with Crippen LogP contribution in [0.1, 0.15) is 47.2 Å². The van der Waals surface area contributed by atoms with Crippen LogP contribution in [0.5, 0.6) is 0 Å². The zero-order chi connectivity index (χ0) is 15.2. The maximum absolute atomic E-state index is 12.2. The molecule has 4 heteroatoms. The van der Waals surface area contributed by atoms with E-state index in [1.807, 2.05) is 19.1 Å². The first kappa shape index (κ1) is 15.3. The second-order valence-electron chi connectivity index (χ2n) is 5.66. The molecule has 2 N–H and O–H groups in total. The van der Waals surface area contributed by atoms with Gasteiger partial charge in [0.1, 0.15) is 0 Å². The maximum atomic E-state index is 12.2. The summed E-state index contributed by atoms with van der Waals surface area (Å²) in [5.41, 5.74) is 2.25. The van der Waals surface area contributed by atoms with Gasteiger partial charge < -0.3 is 10.4 Å². The lowest BCUT2D eigenvalue weighted by Crippen LogP contribution is -2.28. The van der Waals surface area contributed by atoms with Gasteiger partial charge in [0.05, 0.1) is 0 Å². The van der Waals surface area contributed by atoms with Crippen molar-refractivity contribution in [2.24, 2.45) is 5.92 Å². The quantitative estimate of drug-likeness (QED) is 0.818. The highest BCUT2D eigenvalue weighted by Gasteiger charge is 2.16. The molecule has 0 radical (unpaired) electrons. The fourth-order valence-electron chi connectivity index (χ4n) is 2.76. The summed E-state index contributed by atoms with van der Waals surface area (Å²) in [4.78, 5) is 22.8. The second kappa shape index (κ2) is 7.07. The largest absolute Gasteiger partial charge is 0.478 e. The third kappa shape index (κ3) is 4.74. The van der Waals surface area contributed by atoms with E-state index in [4.69, 9.17) is 5.11 Å². The van der Waals surface area contributed by atoms with Crippen LogP contribution in [0.15, 0.2) is 24.3 Å². The van der Waals surface area contributed by atoms with Crippen molar-refractivity contribution in [3.8, 4) is 0 Å². The highest BCUT2D eigenvalue weighted by atomic mass is 16.4. The Kier molecular flexibility index (Phi) is 5.14. The minimum Gasteiger partial charge on any atom is -0.478 e. The molecule has 0 heterocycles. The summed E-state index contributed by atoms with van der Waals surface area (Å²) in [7, 11) is 0. The number of carboxylic acids is 1. The van der Waals surface area contributed by atoms with Gasteiger partial charge in [0.15, 0.2) is 0 Å². The Balaban J connectivity index is 2.03. The molecular weight excluding hydrogens is 266 g/mol. The zero-order valence-electron chi connectivity index (χ0n) is 12.3. The molecule has 2 rings (SSSR count). The van der Waals surface area contributed by atoms with Gasteiger partial charge >= 0.3 is 5.97 Å². The van der Waals surface area contributed by atoms with Crippen LogP contribution in [-0.2, 0) is 4.79 Å². The average molecular weight is 287 g/mol. The highest BCUT2D eigenvalue weighted by Crippen LogP contribution is 2.23. The van der Waals surface area contributed by atoms with Crippen molar-refractivity contribution in [2.75, 3.05) is 6.54 Å². The first-order valence-corrected chi connectivity index (χ1v) is 7.35. The Bertz CT molecular complexity index is 557. The minimum absolute atomic E-state index is 0.0874. The summed E-state index contributed by atoms with van der Waals surface area (Å²) in [5.74, 6) is -0.482. The molecule has 0 aliphatic heterocycles. The van der Waals surface area contributed by atoms with E-state index in [1.165, 1.54) is 31.8 Å². The van der Waals surface area contributed by atoms with Crippen molar-refractivity contribution in [1.82, 2.24) is 5.32 Å². The molecule has 4 nitrogen and oxygen atoms in total. The van der Waals surface area contributed by atoms with Crippen molar-refractivity contribution in [3.63, 3.8) is 0 Å². The molecule has 21 heavy (non-hydrogen) atoms. The van der Waals surface area contributed by atoms with E-state index < -0.39 is 5.97 Å². The van der Waals surface area contributed by atoms with E-state index in [0.717, 1.165) is 23.7 Å². The normalized spacial score (nSPS) is 15.5. The number of carbonyl (C=O) groups excluding carboxylic acids is 1. The minimum atomic E-state index is -0.997. The van der Waals surface area contributed by atoms with Crippen LogP contribution in [0.4, 0.5) is 0 Å². The lowest BCUT2D eigenvalue weighted by molar-refractivity contribution is -0.131. The predicted octanol–water partition coefficient (Wildman–Crippen LogP) is 3.01. The zero-order valence-corrected chi connectivity index (χ0v) is 12.3. The molecule has 0 atom stereocenters. The molecule has 0 bridgehead atoms. The number of aliphatic carboxylic acids is 1. The summed E-state index contributed by atoms with van der Waals surface area (Å²) in [6, 6.07) is 5.39. The number of carboxylic acid groups (broad SMARTS) is 1. The number of benzene rings is 1. The van der Waals surface area contributed by atoms with Gasteiger partial charge in [0.2, 0.25) is 0 Å². The topological polar surface area (TPSA) is 66.4 Å². The van der Waals surface area contributed by atoms with Gasteiger partial charge in [-0.15, -0.1) is 0 Å². The van der Waals surface area contributed by atoms with Gasteiger partial charge in [-0.2, -0.15) is 0 Å². The third-order valence-electron chi connectivity index (χ3n) is 3.81. The van der Waals surface area contributed by atoms with Crippen molar-refractivity contribution in [3.05, 3.63) is 41.0 Å². The Morgan fingerprint density at radius 1 is 1.29 bits per heavy atom. The molecule has 0 spiro atoms. The summed E-state index contributed by atoms with van der Waals surface area (Å²) >= 11 is 0. The van der Waals surface area contributed by atoms with Crippen LogP contribution < -0.4 is 5.32 Å². The van der Waals surface area contributed by atoms with Crippen LogP contribution in [0.3, 0.4) is 0 Å². The smallest absolute Gasteiger partial charge is 0.328 e. The molecule has 1 saturated carbocycles. The first-order chi connectivity index (χ1) is 10.0. The van der Waals surface area contributed by atoms with Crippen molar-refractivity contribution in [2.45, 2.75) is 32.6 Å². The number of aryl methyl sites for hydroxylation is 1. The number of hydrogen-bond donors (Lipinski definition) is 2. The summed E-state index contributed by atoms with van der Waals surface area (Å²) in [6.45, 7) is 2.62. The van der Waals surface area contributed by atoms with E-state index in [1.54, 1.807) is 6.07 Å². The van der Waals surface area contributed by atoms with E-state index in [9.17, 15) is 9.59 Å². The Morgan fingerprint density at radius 3 is 2.67 bits per heavy atom. The van der Waals surface area contributed by atoms with Crippen molar-refractivity contribution >= 4 is 18.0 Å². The van der Waals surface area contributed by atoms with Crippen molar-refractivity contribution in [1.29, 1.82) is 0 Å². The van der Waals surface area contributed by atoms with Crippen LogP contribution in [0.2, 0.25) is 0 Å². The Hall–Kier alpha value is -2.10. The van der Waals surface area contributed by atoms with Gasteiger partial charge in [-0.1, -0.05) is 18.9 Å². The Morgan fingerprint density at radius 2 is 2.00 bits per heavy atom. The molecule has 0 unspecified atom stereocenters. The second-order valence-corrected chi connectivity index (χ2v) is 5.66. The lowest BCUT2D eigenvalue weighted by Gasteiger charge is -2.11. The molecule has 112 valence electrons. The maximum Gasteiger partial charge on any atom is 0.328 e. The predicted molar refractivity (Wildman–Crippen MR) is 82.1 cm³/mol. The molecule has 0 saturated heterocycles. The highest BCUT2D eigenvalue weighted by molar-refractivity contribution is 5.95. The van der Waals surface area contributed by atoms with Gasteiger partial charge in [0.25, 0.3) is 5.91 Å². The van der Waals surface area contributed by atoms with Crippen LogP contribution >= 0.6 is 0 Å². The van der Waals surface area contributed by atoms with Gasteiger partial charge in [-0.25, -0.2) is 4.79 Å². The SMILES string of the molecule is Cc1cc(/C=C/C(=O)O)cc(C(=O)NCC2CCCC2)c1. The number of nitrogens with one attached hydrogen (secondary N) is 1. The van der Waals surface area contributed by atoms with E-state index in [0.29, 0.717) is 11.5 Å². The molecule has 1 aromatic rings. The van der Waals surface area contributed by atoms with E-state index in [-0.39, 0.29) is 5.91 Å². The fraction of sp³-hybridized carbons (Fsp3) is 0.412. The molecule has 1 amide bonds. The number of carbonyl (C=O) groups is 2. The fourth-order valence-corrected chi connectivity index (χ4v) is 2.76. The van der Waals surface area contributed by atoms with Crippen LogP contribution in [-0.4, -0.2) is 23.5 Å². The van der Waals surface area contributed by atoms with Crippen molar-refractivity contribution < 1.29 is 14.7 Å². The molecule has 1 aliphatic rings. The summed E-state index contributed by atoms with van der Waals surface area (Å²) in [5, 5.41) is 11.6. The lowest BCUT2D eigenvalue weighted by atomic mass is 10.0. The summed E-state index contributed by atoms with van der Waals surface area (Å²) < 4.78 is 0. The molecular formula is C17H21NO3. The molecule has 1 aromatic carbocycles. The molecule has 1 fully saturated rings. The molecule has 0 aromatic heterocycles. The van der Waals surface area contributed by atoms with Gasteiger partial charge in [0, 0.05) is 18.2 Å². The van der Waals surface area contributed by atoms with Crippen LogP contribution in [0, 0.1) is 12.8 Å². The first-order valence-electron chi connectivity index (χ1n) is 7.35. The molecule has 1 aliphatic carbocycles. The number of amides is 1. The van der Waals surface area contributed by atoms with E-state index in [2.05, 4.69) is 5.32 Å². The standard InChI is InChI=1S/C17H21NO3/c1-12-8-14(6-7-16(19)20)10-15(9-12)17(21)18-11-13-4-2-3-5-13/h6-10,13H,2-5,11H2,1H3,(H,18,21)(H,19,20)/b7-6+. The Labute approximate surface area is 124 Å². The van der Waals surface area contributed by atoms with Gasteiger partial charge in [-0.3, -0.25) is 4.79 Å². The third-order valence-corrected chi connectivity index (χ3v) is 3.81. The number of rotatable bonds is 5. The average Bonchev–Trinajstić information content (AvgIpc) is 2.95.